The predicted molar refractivity (Wildman–Crippen MR) is 104 cm³/mol. The summed E-state index contributed by atoms with van der Waals surface area (Å²) in [4.78, 5) is 32.7. The number of nitrogens with zero attached hydrogens (tertiary/aromatic N) is 3. The summed E-state index contributed by atoms with van der Waals surface area (Å²) in [5.41, 5.74) is 2.37. The Kier molecular flexibility index (Phi) is 6.30. The summed E-state index contributed by atoms with van der Waals surface area (Å²) in [5, 5.41) is 0. The van der Waals surface area contributed by atoms with E-state index in [0.29, 0.717) is 11.5 Å². The van der Waals surface area contributed by atoms with Gasteiger partial charge >= 0.3 is 0 Å². The van der Waals surface area contributed by atoms with Crippen molar-refractivity contribution in [3.63, 3.8) is 0 Å². The fourth-order valence-corrected chi connectivity index (χ4v) is 3.70. The Morgan fingerprint density at radius 1 is 1.00 bits per heavy atom. The molecule has 2 aromatic heterocycles. The van der Waals surface area contributed by atoms with Gasteiger partial charge in [0.2, 0.25) is 0 Å². The highest BCUT2D eigenvalue weighted by molar-refractivity contribution is 7.90. The van der Waals surface area contributed by atoms with E-state index >= 15 is 0 Å². The molecular formula is C19H22N4O4S. The zero-order valence-electron chi connectivity index (χ0n) is 16.3. The third kappa shape index (κ3) is 4.80. The molecule has 0 bridgehead atoms. The van der Waals surface area contributed by atoms with Gasteiger partial charge in [0.1, 0.15) is 0 Å². The van der Waals surface area contributed by atoms with Gasteiger partial charge in [-0.2, -0.15) is 0 Å². The Morgan fingerprint density at radius 3 is 2.04 bits per heavy atom. The lowest BCUT2D eigenvalue weighted by Crippen LogP contribution is -2.17. The van der Waals surface area contributed by atoms with Crippen LogP contribution in [0.25, 0.3) is 0 Å². The average Bonchev–Trinajstić information content (AvgIpc) is 3.22. The number of aryl methyl sites for hydroxylation is 3. The van der Waals surface area contributed by atoms with E-state index in [1.807, 2.05) is 13.8 Å². The molecule has 0 atom stereocenters. The number of rotatable bonds is 4. The Balaban J connectivity index is 0.000000261. The molecule has 0 saturated heterocycles. The fraction of sp³-hybridized carbons (Fsp3) is 0.263. The zero-order chi connectivity index (χ0) is 21.1. The summed E-state index contributed by atoms with van der Waals surface area (Å²) >= 11 is 0. The predicted octanol–water partition coefficient (Wildman–Crippen LogP) is 2.86. The maximum Gasteiger partial charge on any atom is 0.269 e. The molecule has 2 heterocycles. The molecular weight excluding hydrogens is 380 g/mol. The van der Waals surface area contributed by atoms with E-state index in [0.717, 1.165) is 15.2 Å². The molecule has 0 radical (unpaired) electrons. The second-order valence-electron chi connectivity index (χ2n) is 6.35. The summed E-state index contributed by atoms with van der Waals surface area (Å²) < 4.78 is 25.8. The van der Waals surface area contributed by atoms with E-state index in [1.54, 1.807) is 25.3 Å². The van der Waals surface area contributed by atoms with Crippen LogP contribution in [-0.2, 0) is 10.0 Å². The van der Waals surface area contributed by atoms with E-state index in [2.05, 4.69) is 15.0 Å². The van der Waals surface area contributed by atoms with Gasteiger partial charge < -0.3 is 4.98 Å². The minimum atomic E-state index is -3.78. The van der Waals surface area contributed by atoms with Crippen molar-refractivity contribution in [3.05, 3.63) is 65.3 Å². The van der Waals surface area contributed by atoms with Crippen LogP contribution in [0.1, 0.15) is 52.0 Å². The van der Waals surface area contributed by atoms with Crippen molar-refractivity contribution < 1.29 is 18.0 Å². The van der Waals surface area contributed by atoms with Gasteiger partial charge in [-0.1, -0.05) is 17.7 Å². The van der Waals surface area contributed by atoms with Crippen LogP contribution in [0.2, 0.25) is 0 Å². The van der Waals surface area contributed by atoms with Crippen LogP contribution in [0, 0.1) is 20.8 Å². The second kappa shape index (κ2) is 8.30. The highest BCUT2D eigenvalue weighted by atomic mass is 32.2. The number of imidazole rings is 2. The highest BCUT2D eigenvalue weighted by Gasteiger charge is 2.23. The van der Waals surface area contributed by atoms with Crippen LogP contribution >= 0.6 is 0 Å². The molecule has 0 saturated carbocycles. The molecule has 0 aliphatic rings. The van der Waals surface area contributed by atoms with Gasteiger partial charge in [0.15, 0.2) is 23.2 Å². The SMILES string of the molecule is CC(=O)c1nc(C)cn1S(=O)(=O)c1ccc(C)cc1.CC(=O)c1ncc(C)[nH]1. The molecule has 0 unspecified atom stereocenters. The lowest BCUT2D eigenvalue weighted by molar-refractivity contribution is 0.0995. The van der Waals surface area contributed by atoms with Crippen LogP contribution in [0.15, 0.2) is 41.6 Å². The van der Waals surface area contributed by atoms with Crippen LogP contribution in [0.4, 0.5) is 0 Å². The molecule has 148 valence electrons. The summed E-state index contributed by atoms with van der Waals surface area (Å²) in [7, 11) is -3.78. The van der Waals surface area contributed by atoms with Crippen molar-refractivity contribution in [1.82, 2.24) is 18.9 Å². The van der Waals surface area contributed by atoms with Gasteiger partial charge in [-0.05, 0) is 32.9 Å². The zero-order valence-corrected chi connectivity index (χ0v) is 17.2. The number of benzene rings is 1. The van der Waals surface area contributed by atoms with Gasteiger partial charge in [-0.15, -0.1) is 0 Å². The first-order chi connectivity index (χ1) is 13.0. The number of hydrogen-bond donors (Lipinski definition) is 1. The summed E-state index contributed by atoms with van der Waals surface area (Å²) in [6, 6.07) is 6.46. The molecule has 3 rings (SSSR count). The van der Waals surface area contributed by atoms with Gasteiger partial charge in [0.05, 0.1) is 10.6 Å². The summed E-state index contributed by atoms with van der Waals surface area (Å²) in [6.45, 7) is 8.16. The van der Waals surface area contributed by atoms with Gasteiger partial charge in [0, 0.05) is 31.9 Å². The molecule has 0 fully saturated rings. The van der Waals surface area contributed by atoms with Crippen molar-refractivity contribution in [3.8, 4) is 0 Å². The Bertz CT molecular complexity index is 1110. The number of ketones is 2. The van der Waals surface area contributed by atoms with E-state index in [4.69, 9.17) is 0 Å². The minimum Gasteiger partial charge on any atom is -0.340 e. The van der Waals surface area contributed by atoms with E-state index < -0.39 is 10.0 Å². The van der Waals surface area contributed by atoms with E-state index in [-0.39, 0.29) is 22.3 Å². The quantitative estimate of drug-likeness (QED) is 0.671. The molecule has 0 amide bonds. The third-order valence-corrected chi connectivity index (χ3v) is 5.39. The number of aromatic amines is 1. The van der Waals surface area contributed by atoms with Crippen molar-refractivity contribution in [1.29, 1.82) is 0 Å². The standard InChI is InChI=1S/C13H14N2O3S.C6H8N2O/c1-9-4-6-12(7-5-9)19(17,18)15-8-10(2)14-13(15)11(3)16;1-4-3-7-6(8-4)5(2)9/h4-8H,1-3H3;3H,1-2H3,(H,7,8). The molecule has 0 spiro atoms. The third-order valence-electron chi connectivity index (χ3n) is 3.72. The Morgan fingerprint density at radius 2 is 1.61 bits per heavy atom. The number of H-pyrrole nitrogens is 1. The maximum absolute atomic E-state index is 12.5. The number of nitrogens with one attached hydrogen (secondary N) is 1. The molecule has 0 aliphatic carbocycles. The van der Waals surface area contributed by atoms with Crippen molar-refractivity contribution >= 4 is 21.6 Å². The molecule has 0 aliphatic heterocycles. The average molecular weight is 402 g/mol. The maximum atomic E-state index is 12.5. The first-order valence-corrected chi connectivity index (χ1v) is 9.88. The molecule has 1 N–H and O–H groups in total. The van der Waals surface area contributed by atoms with Gasteiger partial charge in [0.25, 0.3) is 10.0 Å². The lowest BCUT2D eigenvalue weighted by Gasteiger charge is -2.07. The fourth-order valence-electron chi connectivity index (χ4n) is 2.31. The number of carbonyl (C=O) groups excluding carboxylic acids is 2. The van der Waals surface area contributed by atoms with E-state index in [9.17, 15) is 18.0 Å². The number of Topliss-reactive ketones (excluding diaryl/α,β-unsaturated/α-hetero) is 2. The highest BCUT2D eigenvalue weighted by Crippen LogP contribution is 2.17. The molecule has 28 heavy (non-hydrogen) atoms. The Labute approximate surface area is 163 Å². The van der Waals surface area contributed by atoms with Gasteiger partial charge in [-0.25, -0.2) is 22.4 Å². The summed E-state index contributed by atoms with van der Waals surface area (Å²) in [5.74, 6) is -0.0440. The van der Waals surface area contributed by atoms with Crippen LogP contribution in [0.5, 0.6) is 0 Å². The summed E-state index contributed by atoms with van der Waals surface area (Å²) in [6.07, 6.45) is 2.99. The second-order valence-corrected chi connectivity index (χ2v) is 8.16. The largest absolute Gasteiger partial charge is 0.340 e. The minimum absolute atomic E-state index is 0.0249. The molecule has 9 heteroatoms. The van der Waals surface area contributed by atoms with Crippen molar-refractivity contribution in [2.24, 2.45) is 0 Å². The topological polar surface area (TPSA) is 115 Å². The number of hydrogen-bond acceptors (Lipinski definition) is 6. The molecule has 1 aromatic carbocycles. The first kappa shape index (κ1) is 21.2. The van der Waals surface area contributed by atoms with Gasteiger partial charge in [-0.3, -0.25) is 9.59 Å². The van der Waals surface area contributed by atoms with E-state index in [1.165, 1.54) is 32.2 Å². The van der Waals surface area contributed by atoms with Crippen LogP contribution in [0.3, 0.4) is 0 Å². The first-order valence-electron chi connectivity index (χ1n) is 8.44. The molecule has 3 aromatic rings. The molecule has 8 nitrogen and oxygen atoms in total. The van der Waals surface area contributed by atoms with Crippen molar-refractivity contribution in [2.75, 3.05) is 0 Å². The van der Waals surface area contributed by atoms with Crippen LogP contribution in [-0.4, -0.2) is 38.9 Å². The monoisotopic (exact) mass is 402 g/mol. The van der Waals surface area contributed by atoms with Crippen LogP contribution < -0.4 is 0 Å². The lowest BCUT2D eigenvalue weighted by atomic mass is 10.2. The Hall–Kier alpha value is -3.07. The normalized spacial score (nSPS) is 10.9. The number of aromatic nitrogens is 4. The number of carbonyl (C=O) groups is 2. The van der Waals surface area contributed by atoms with Crippen molar-refractivity contribution in [2.45, 2.75) is 39.5 Å². The smallest absolute Gasteiger partial charge is 0.269 e.